The van der Waals surface area contributed by atoms with Gasteiger partial charge in [0.1, 0.15) is 5.82 Å². The highest BCUT2D eigenvalue weighted by molar-refractivity contribution is 5.90. The molecule has 3 nitrogen and oxygen atoms in total. The van der Waals surface area contributed by atoms with Crippen molar-refractivity contribution >= 4 is 11.6 Å². The van der Waals surface area contributed by atoms with E-state index in [0.29, 0.717) is 5.69 Å². The summed E-state index contributed by atoms with van der Waals surface area (Å²) in [6, 6.07) is 4.25. The van der Waals surface area contributed by atoms with Crippen molar-refractivity contribution in [1.82, 2.24) is 0 Å². The van der Waals surface area contributed by atoms with Crippen LogP contribution < -0.4 is 11.1 Å². The van der Waals surface area contributed by atoms with Crippen LogP contribution in [0.4, 0.5) is 10.1 Å². The molecule has 0 aliphatic rings. The Bertz CT molecular complexity index is 309. The molecule has 1 aromatic carbocycles. The Hall–Kier alpha value is -1.58. The highest BCUT2D eigenvalue weighted by atomic mass is 19.1. The number of aryl methyl sites for hydroxylation is 1. The summed E-state index contributed by atoms with van der Waals surface area (Å²) < 4.78 is 12.6. The normalized spacial score (nSPS) is 9.50. The molecule has 0 spiro atoms. The molecule has 0 atom stereocenters. The van der Waals surface area contributed by atoms with Crippen molar-refractivity contribution in [3.8, 4) is 0 Å². The van der Waals surface area contributed by atoms with Crippen LogP contribution >= 0.6 is 0 Å². The van der Waals surface area contributed by atoms with Crippen molar-refractivity contribution in [1.29, 1.82) is 5.41 Å². The van der Waals surface area contributed by atoms with Gasteiger partial charge in [-0.15, -0.1) is 0 Å². The summed E-state index contributed by atoms with van der Waals surface area (Å²) in [6.07, 6.45) is 0. The Morgan fingerprint density at radius 1 is 1.58 bits per heavy atom. The smallest absolute Gasteiger partial charge is 0.190 e. The number of nitrogens with two attached hydrogens (primary N) is 1. The van der Waals surface area contributed by atoms with Gasteiger partial charge in [-0.05, 0) is 30.7 Å². The van der Waals surface area contributed by atoms with Crippen molar-refractivity contribution in [2.45, 2.75) is 6.92 Å². The minimum absolute atomic E-state index is 0.148. The van der Waals surface area contributed by atoms with E-state index in [1.54, 1.807) is 13.0 Å². The molecule has 4 N–H and O–H groups in total. The number of hydrogen-bond donors (Lipinski definition) is 3. The van der Waals surface area contributed by atoms with Gasteiger partial charge in [0, 0.05) is 5.69 Å². The molecule has 0 amide bonds. The lowest BCUT2D eigenvalue weighted by Gasteiger charge is -2.06. The number of hydrogen-bond acceptors (Lipinski definition) is 1. The molecule has 0 saturated heterocycles. The molecular formula is C8H10FN3. The van der Waals surface area contributed by atoms with E-state index in [4.69, 9.17) is 11.1 Å². The maximum atomic E-state index is 12.6. The van der Waals surface area contributed by atoms with Crippen LogP contribution in [0.3, 0.4) is 0 Å². The summed E-state index contributed by atoms with van der Waals surface area (Å²) in [5.74, 6) is -0.439. The SMILES string of the molecule is Cc1cc(F)ccc1NC(=N)N. The van der Waals surface area contributed by atoms with Crippen LogP contribution in [0.1, 0.15) is 5.56 Å². The van der Waals surface area contributed by atoms with Gasteiger partial charge in [-0.1, -0.05) is 0 Å². The lowest BCUT2D eigenvalue weighted by Crippen LogP contribution is -2.20. The number of halogens is 1. The predicted octanol–water partition coefficient (Wildman–Crippen LogP) is 1.44. The van der Waals surface area contributed by atoms with Crippen LogP contribution in [0.5, 0.6) is 0 Å². The van der Waals surface area contributed by atoms with Gasteiger partial charge in [0.05, 0.1) is 0 Å². The summed E-state index contributed by atoms with van der Waals surface area (Å²) in [5.41, 5.74) is 6.49. The Kier molecular flexibility index (Phi) is 2.28. The van der Waals surface area contributed by atoms with Gasteiger partial charge in [0.15, 0.2) is 5.96 Å². The molecule has 64 valence electrons. The van der Waals surface area contributed by atoms with Crippen LogP contribution in [0, 0.1) is 18.2 Å². The van der Waals surface area contributed by atoms with E-state index >= 15 is 0 Å². The zero-order valence-electron chi connectivity index (χ0n) is 6.69. The Balaban J connectivity index is 2.93. The van der Waals surface area contributed by atoms with Crippen molar-refractivity contribution in [2.75, 3.05) is 5.32 Å². The molecule has 0 heterocycles. The first kappa shape index (κ1) is 8.52. The molecule has 0 unspecified atom stereocenters. The summed E-state index contributed by atoms with van der Waals surface area (Å²) in [5, 5.41) is 9.55. The molecule has 4 heteroatoms. The van der Waals surface area contributed by atoms with E-state index in [1.807, 2.05) is 0 Å². The van der Waals surface area contributed by atoms with Crippen LogP contribution in [-0.4, -0.2) is 5.96 Å². The van der Waals surface area contributed by atoms with Gasteiger partial charge in [0.25, 0.3) is 0 Å². The van der Waals surface area contributed by atoms with Gasteiger partial charge in [-0.25, -0.2) is 4.39 Å². The van der Waals surface area contributed by atoms with Crippen molar-refractivity contribution in [3.05, 3.63) is 29.6 Å². The summed E-state index contributed by atoms with van der Waals surface area (Å²) >= 11 is 0. The van der Waals surface area contributed by atoms with Gasteiger partial charge >= 0.3 is 0 Å². The Morgan fingerprint density at radius 2 is 2.25 bits per heavy atom. The summed E-state index contributed by atoms with van der Waals surface area (Å²) in [4.78, 5) is 0. The van der Waals surface area contributed by atoms with Crippen molar-refractivity contribution in [3.63, 3.8) is 0 Å². The minimum atomic E-state index is -0.290. The largest absolute Gasteiger partial charge is 0.370 e. The van der Waals surface area contributed by atoms with E-state index in [9.17, 15) is 4.39 Å². The molecule has 0 aromatic heterocycles. The topological polar surface area (TPSA) is 61.9 Å². The lowest BCUT2D eigenvalue weighted by molar-refractivity contribution is 0.627. The highest BCUT2D eigenvalue weighted by Gasteiger charge is 1.99. The maximum absolute atomic E-state index is 12.6. The number of benzene rings is 1. The molecule has 1 aromatic rings. The van der Waals surface area contributed by atoms with E-state index in [0.717, 1.165) is 5.56 Å². The van der Waals surface area contributed by atoms with Gasteiger partial charge in [-0.2, -0.15) is 0 Å². The van der Waals surface area contributed by atoms with Crippen LogP contribution in [0.25, 0.3) is 0 Å². The van der Waals surface area contributed by atoms with Crippen molar-refractivity contribution < 1.29 is 4.39 Å². The number of guanidine groups is 1. The molecular weight excluding hydrogens is 157 g/mol. The first-order valence-corrected chi connectivity index (χ1v) is 3.47. The Morgan fingerprint density at radius 3 is 2.75 bits per heavy atom. The van der Waals surface area contributed by atoms with Gasteiger partial charge in [0.2, 0.25) is 0 Å². The number of anilines is 1. The maximum Gasteiger partial charge on any atom is 0.190 e. The standard InChI is InChI=1S/C8H10FN3/c1-5-4-6(9)2-3-7(5)12-8(10)11/h2-4H,1H3,(H4,10,11,12). The van der Waals surface area contributed by atoms with Crippen molar-refractivity contribution in [2.24, 2.45) is 5.73 Å². The second kappa shape index (κ2) is 3.21. The lowest BCUT2D eigenvalue weighted by atomic mass is 10.2. The van der Waals surface area contributed by atoms with E-state index < -0.39 is 0 Å². The van der Waals surface area contributed by atoms with E-state index in [2.05, 4.69) is 5.32 Å². The monoisotopic (exact) mass is 167 g/mol. The molecule has 0 fully saturated rings. The van der Waals surface area contributed by atoms with E-state index in [-0.39, 0.29) is 11.8 Å². The van der Waals surface area contributed by atoms with Crippen LogP contribution in [0.15, 0.2) is 18.2 Å². The minimum Gasteiger partial charge on any atom is -0.370 e. The molecule has 1 rings (SSSR count). The number of rotatable bonds is 1. The first-order valence-electron chi connectivity index (χ1n) is 3.47. The zero-order chi connectivity index (χ0) is 9.14. The quantitative estimate of drug-likeness (QED) is 0.437. The zero-order valence-corrected chi connectivity index (χ0v) is 6.69. The summed E-state index contributed by atoms with van der Waals surface area (Å²) in [7, 11) is 0. The van der Waals surface area contributed by atoms with Gasteiger partial charge in [-0.3, -0.25) is 5.41 Å². The molecule has 0 aliphatic heterocycles. The van der Waals surface area contributed by atoms with Gasteiger partial charge < -0.3 is 11.1 Å². The molecule has 0 aliphatic carbocycles. The summed E-state index contributed by atoms with van der Waals surface area (Å²) in [6.45, 7) is 1.74. The highest BCUT2D eigenvalue weighted by Crippen LogP contribution is 2.14. The van der Waals surface area contributed by atoms with E-state index in [1.165, 1.54) is 12.1 Å². The van der Waals surface area contributed by atoms with Crippen LogP contribution in [0.2, 0.25) is 0 Å². The predicted molar refractivity (Wildman–Crippen MR) is 46.7 cm³/mol. The fourth-order valence-corrected chi connectivity index (χ4v) is 0.912. The fourth-order valence-electron chi connectivity index (χ4n) is 0.912. The molecule has 12 heavy (non-hydrogen) atoms. The third-order valence-corrected chi connectivity index (χ3v) is 1.46. The second-order valence-electron chi connectivity index (χ2n) is 2.50. The molecule has 0 bridgehead atoms. The van der Waals surface area contributed by atoms with Crippen LogP contribution in [-0.2, 0) is 0 Å². The fraction of sp³-hybridized carbons (Fsp3) is 0.125. The first-order chi connectivity index (χ1) is 5.59. The average Bonchev–Trinajstić information content (AvgIpc) is 1.94. The average molecular weight is 167 g/mol. The second-order valence-corrected chi connectivity index (χ2v) is 2.50. The molecule has 0 saturated carbocycles. The molecule has 0 radical (unpaired) electrons. The third kappa shape index (κ3) is 1.95. The third-order valence-electron chi connectivity index (χ3n) is 1.46. The number of nitrogens with one attached hydrogen (secondary N) is 2. The Labute approximate surface area is 69.9 Å².